The zero-order valence-electron chi connectivity index (χ0n) is 10.8. The number of rotatable bonds is 4. The molecule has 0 bridgehead atoms. The van der Waals surface area contributed by atoms with Crippen LogP contribution in [0, 0.1) is 6.92 Å². The Bertz CT molecular complexity index is 664. The SMILES string of the molecule is CCC(=O)c1ccccc1Sc1nc(C)cc(=O)[nH]1. The summed E-state index contributed by atoms with van der Waals surface area (Å²) in [6.45, 7) is 3.60. The first-order valence-corrected chi connectivity index (χ1v) is 6.80. The van der Waals surface area contributed by atoms with Crippen LogP contribution in [0.5, 0.6) is 0 Å². The molecule has 2 rings (SSSR count). The van der Waals surface area contributed by atoms with E-state index in [4.69, 9.17) is 0 Å². The molecule has 0 radical (unpaired) electrons. The Morgan fingerprint density at radius 3 is 2.79 bits per heavy atom. The van der Waals surface area contributed by atoms with Crippen molar-refractivity contribution in [3.05, 3.63) is 51.9 Å². The molecular weight excluding hydrogens is 260 g/mol. The van der Waals surface area contributed by atoms with Crippen LogP contribution in [-0.2, 0) is 0 Å². The lowest BCUT2D eigenvalue weighted by molar-refractivity contribution is 0.0985. The van der Waals surface area contributed by atoms with Crippen molar-refractivity contribution < 1.29 is 4.79 Å². The molecule has 19 heavy (non-hydrogen) atoms. The number of aromatic amines is 1. The maximum atomic E-state index is 11.9. The third-order valence-electron chi connectivity index (χ3n) is 2.56. The van der Waals surface area contributed by atoms with E-state index < -0.39 is 0 Å². The number of H-pyrrole nitrogens is 1. The normalized spacial score (nSPS) is 10.4. The third kappa shape index (κ3) is 3.32. The highest BCUT2D eigenvalue weighted by Crippen LogP contribution is 2.28. The average Bonchev–Trinajstić information content (AvgIpc) is 2.37. The first-order chi connectivity index (χ1) is 9.10. The second-order valence-corrected chi connectivity index (χ2v) is 5.10. The van der Waals surface area contributed by atoms with Gasteiger partial charge in [-0.1, -0.05) is 36.9 Å². The lowest BCUT2D eigenvalue weighted by atomic mass is 10.1. The minimum absolute atomic E-state index is 0.0816. The van der Waals surface area contributed by atoms with E-state index in [2.05, 4.69) is 9.97 Å². The van der Waals surface area contributed by atoms with Gasteiger partial charge in [-0.15, -0.1) is 0 Å². The predicted molar refractivity (Wildman–Crippen MR) is 74.8 cm³/mol. The molecule has 1 aromatic carbocycles. The van der Waals surface area contributed by atoms with Crippen LogP contribution in [0.2, 0.25) is 0 Å². The fraction of sp³-hybridized carbons (Fsp3) is 0.214. The number of aryl methyl sites for hydroxylation is 1. The molecule has 0 aliphatic carbocycles. The van der Waals surface area contributed by atoms with Gasteiger partial charge in [0.15, 0.2) is 10.9 Å². The molecule has 0 atom stereocenters. The quantitative estimate of drug-likeness (QED) is 0.688. The summed E-state index contributed by atoms with van der Waals surface area (Å²) >= 11 is 1.30. The molecule has 98 valence electrons. The van der Waals surface area contributed by atoms with Gasteiger partial charge in [-0.25, -0.2) is 4.98 Å². The molecule has 1 heterocycles. The summed E-state index contributed by atoms with van der Waals surface area (Å²) in [6.07, 6.45) is 0.454. The largest absolute Gasteiger partial charge is 0.301 e. The number of hydrogen-bond donors (Lipinski definition) is 1. The standard InChI is InChI=1S/C14H14N2O2S/c1-3-11(17)10-6-4-5-7-12(10)19-14-15-9(2)8-13(18)16-14/h4-8H,3H2,1-2H3,(H,15,16,18). The Morgan fingerprint density at radius 1 is 1.37 bits per heavy atom. The molecule has 0 aliphatic heterocycles. The molecule has 0 saturated heterocycles. The second kappa shape index (κ2) is 5.84. The number of nitrogens with one attached hydrogen (secondary N) is 1. The minimum atomic E-state index is -0.186. The van der Waals surface area contributed by atoms with Crippen molar-refractivity contribution in [3.63, 3.8) is 0 Å². The van der Waals surface area contributed by atoms with Crippen LogP contribution < -0.4 is 5.56 Å². The number of hydrogen-bond acceptors (Lipinski definition) is 4. The molecule has 2 aromatic rings. The Labute approximate surface area is 115 Å². The van der Waals surface area contributed by atoms with Crippen molar-refractivity contribution >= 4 is 17.5 Å². The predicted octanol–water partition coefficient (Wildman–Crippen LogP) is 2.82. The van der Waals surface area contributed by atoms with Crippen molar-refractivity contribution in [2.24, 2.45) is 0 Å². The number of carbonyl (C=O) groups excluding carboxylic acids is 1. The Balaban J connectivity index is 2.38. The van der Waals surface area contributed by atoms with Crippen LogP contribution in [0.25, 0.3) is 0 Å². The number of Topliss-reactive ketones (excluding diaryl/α,β-unsaturated/α-hetero) is 1. The van der Waals surface area contributed by atoms with Crippen molar-refractivity contribution in [1.29, 1.82) is 0 Å². The van der Waals surface area contributed by atoms with E-state index in [1.54, 1.807) is 13.0 Å². The van der Waals surface area contributed by atoms with Crippen molar-refractivity contribution in [2.45, 2.75) is 30.3 Å². The van der Waals surface area contributed by atoms with Gasteiger partial charge in [0, 0.05) is 28.6 Å². The number of aromatic nitrogens is 2. The summed E-state index contributed by atoms with van der Waals surface area (Å²) in [4.78, 5) is 31.0. The number of carbonyl (C=O) groups is 1. The van der Waals surface area contributed by atoms with E-state index in [9.17, 15) is 9.59 Å². The maximum absolute atomic E-state index is 11.9. The summed E-state index contributed by atoms with van der Waals surface area (Å²) in [5, 5.41) is 0.501. The fourth-order valence-corrected chi connectivity index (χ4v) is 2.67. The first kappa shape index (κ1) is 13.5. The topological polar surface area (TPSA) is 62.8 Å². The zero-order chi connectivity index (χ0) is 13.8. The van der Waals surface area contributed by atoms with E-state index in [-0.39, 0.29) is 11.3 Å². The molecule has 5 heteroatoms. The van der Waals surface area contributed by atoms with Crippen molar-refractivity contribution in [3.8, 4) is 0 Å². The van der Waals surface area contributed by atoms with Crippen LogP contribution in [-0.4, -0.2) is 15.8 Å². The maximum Gasteiger partial charge on any atom is 0.251 e. The fourth-order valence-electron chi connectivity index (χ4n) is 1.68. The van der Waals surface area contributed by atoms with Crippen molar-refractivity contribution in [1.82, 2.24) is 9.97 Å². The van der Waals surface area contributed by atoms with E-state index in [0.717, 1.165) is 4.90 Å². The lowest BCUT2D eigenvalue weighted by Crippen LogP contribution is -2.08. The van der Waals surface area contributed by atoms with Crippen LogP contribution in [0.1, 0.15) is 29.4 Å². The van der Waals surface area contributed by atoms with Crippen molar-refractivity contribution in [2.75, 3.05) is 0 Å². The Kier molecular flexibility index (Phi) is 4.16. The average molecular weight is 274 g/mol. The number of nitrogens with zero attached hydrogens (tertiary/aromatic N) is 1. The summed E-state index contributed by atoms with van der Waals surface area (Å²) in [5.74, 6) is 0.0816. The van der Waals surface area contributed by atoms with Gasteiger partial charge in [0.1, 0.15) is 0 Å². The third-order valence-corrected chi connectivity index (χ3v) is 3.53. The van der Waals surface area contributed by atoms with Gasteiger partial charge >= 0.3 is 0 Å². The van der Waals surface area contributed by atoms with Gasteiger partial charge in [0.05, 0.1) is 0 Å². The molecule has 0 unspecified atom stereocenters. The molecule has 0 spiro atoms. The molecule has 0 saturated carbocycles. The van der Waals surface area contributed by atoms with Gasteiger partial charge in [-0.2, -0.15) is 0 Å². The molecular formula is C14H14N2O2S. The lowest BCUT2D eigenvalue weighted by Gasteiger charge is -2.06. The molecule has 1 N–H and O–H groups in total. The number of benzene rings is 1. The highest BCUT2D eigenvalue weighted by atomic mass is 32.2. The Hall–Kier alpha value is -1.88. The van der Waals surface area contributed by atoms with Crippen LogP contribution in [0.3, 0.4) is 0 Å². The van der Waals surface area contributed by atoms with Gasteiger partial charge in [0.2, 0.25) is 0 Å². The minimum Gasteiger partial charge on any atom is -0.301 e. The zero-order valence-corrected chi connectivity index (χ0v) is 11.6. The van der Waals surface area contributed by atoms with E-state index in [1.807, 2.05) is 25.1 Å². The Morgan fingerprint density at radius 2 is 2.11 bits per heavy atom. The molecule has 0 aliphatic rings. The van der Waals surface area contributed by atoms with E-state index in [0.29, 0.717) is 22.8 Å². The summed E-state index contributed by atoms with van der Waals surface area (Å²) in [6, 6.07) is 8.78. The van der Waals surface area contributed by atoms with E-state index >= 15 is 0 Å². The monoisotopic (exact) mass is 274 g/mol. The summed E-state index contributed by atoms with van der Waals surface area (Å²) in [5.41, 5.74) is 1.14. The summed E-state index contributed by atoms with van der Waals surface area (Å²) < 4.78 is 0. The summed E-state index contributed by atoms with van der Waals surface area (Å²) in [7, 11) is 0. The number of ketones is 1. The smallest absolute Gasteiger partial charge is 0.251 e. The molecule has 0 fully saturated rings. The van der Waals surface area contributed by atoms with Crippen LogP contribution >= 0.6 is 11.8 Å². The van der Waals surface area contributed by atoms with Gasteiger partial charge in [-0.05, 0) is 13.0 Å². The molecule has 4 nitrogen and oxygen atoms in total. The second-order valence-electron chi connectivity index (χ2n) is 4.07. The van der Waals surface area contributed by atoms with Crippen LogP contribution in [0.4, 0.5) is 0 Å². The van der Waals surface area contributed by atoms with Gasteiger partial charge < -0.3 is 4.98 Å². The molecule has 1 aromatic heterocycles. The first-order valence-electron chi connectivity index (χ1n) is 5.98. The van der Waals surface area contributed by atoms with Gasteiger partial charge in [-0.3, -0.25) is 9.59 Å². The highest BCUT2D eigenvalue weighted by molar-refractivity contribution is 7.99. The van der Waals surface area contributed by atoms with Gasteiger partial charge in [0.25, 0.3) is 5.56 Å². The van der Waals surface area contributed by atoms with Crippen LogP contribution in [0.15, 0.2) is 45.2 Å². The molecule has 0 amide bonds. The van der Waals surface area contributed by atoms with E-state index in [1.165, 1.54) is 17.8 Å². The highest BCUT2D eigenvalue weighted by Gasteiger charge is 2.11.